The van der Waals surface area contributed by atoms with Crippen molar-refractivity contribution in [1.29, 1.82) is 0 Å². The van der Waals surface area contributed by atoms with Gasteiger partial charge in [-0.15, -0.1) is 11.8 Å². The predicted octanol–water partition coefficient (Wildman–Crippen LogP) is 4.04. The van der Waals surface area contributed by atoms with Gasteiger partial charge < -0.3 is 4.90 Å². The van der Waals surface area contributed by atoms with Gasteiger partial charge in [0.1, 0.15) is 5.82 Å². The topological polar surface area (TPSA) is 3.24 Å². The Morgan fingerprint density at radius 2 is 2.06 bits per heavy atom. The van der Waals surface area contributed by atoms with Crippen LogP contribution in [0.4, 0.5) is 4.39 Å². The maximum Gasteiger partial charge on any atom is 0.136 e. The number of halogens is 1. The average molecular weight is 267 g/mol. The molecular formula is C15H22FNS. The zero-order chi connectivity index (χ0) is 12.8. The Labute approximate surface area is 114 Å². The SMILES string of the molecule is CCCN(CCSc1ccccc1F)CC1CC1. The van der Waals surface area contributed by atoms with Gasteiger partial charge in [0.25, 0.3) is 0 Å². The Balaban J connectivity index is 1.73. The molecule has 18 heavy (non-hydrogen) atoms. The summed E-state index contributed by atoms with van der Waals surface area (Å²) >= 11 is 1.63. The summed E-state index contributed by atoms with van der Waals surface area (Å²) in [7, 11) is 0. The molecule has 1 aliphatic carbocycles. The number of nitrogens with zero attached hydrogens (tertiary/aromatic N) is 1. The first-order chi connectivity index (χ1) is 8.79. The molecule has 1 fully saturated rings. The highest BCUT2D eigenvalue weighted by atomic mass is 32.2. The summed E-state index contributed by atoms with van der Waals surface area (Å²) in [5, 5.41) is 0. The van der Waals surface area contributed by atoms with Gasteiger partial charge in [0, 0.05) is 23.7 Å². The number of hydrogen-bond donors (Lipinski definition) is 0. The monoisotopic (exact) mass is 267 g/mol. The molecular weight excluding hydrogens is 245 g/mol. The van der Waals surface area contributed by atoms with Crippen LogP contribution < -0.4 is 0 Å². The van der Waals surface area contributed by atoms with Crippen LogP contribution in [0.5, 0.6) is 0 Å². The molecule has 100 valence electrons. The van der Waals surface area contributed by atoms with Crippen molar-refractivity contribution in [2.75, 3.05) is 25.4 Å². The molecule has 0 radical (unpaired) electrons. The smallest absolute Gasteiger partial charge is 0.136 e. The minimum Gasteiger partial charge on any atom is -0.302 e. The first-order valence-electron chi connectivity index (χ1n) is 6.89. The molecule has 3 heteroatoms. The largest absolute Gasteiger partial charge is 0.302 e. The van der Waals surface area contributed by atoms with Crippen molar-refractivity contribution >= 4 is 11.8 Å². The van der Waals surface area contributed by atoms with Gasteiger partial charge in [-0.25, -0.2) is 4.39 Å². The van der Waals surface area contributed by atoms with Crippen molar-refractivity contribution in [3.8, 4) is 0 Å². The normalized spacial score (nSPS) is 15.3. The molecule has 0 atom stereocenters. The van der Waals surface area contributed by atoms with Gasteiger partial charge in [-0.2, -0.15) is 0 Å². The maximum absolute atomic E-state index is 13.4. The van der Waals surface area contributed by atoms with E-state index >= 15 is 0 Å². The molecule has 1 aliphatic rings. The summed E-state index contributed by atoms with van der Waals surface area (Å²) in [4.78, 5) is 3.31. The van der Waals surface area contributed by atoms with Crippen molar-refractivity contribution in [2.45, 2.75) is 31.1 Å². The summed E-state index contributed by atoms with van der Waals surface area (Å²) < 4.78 is 13.4. The lowest BCUT2D eigenvalue weighted by molar-refractivity contribution is 0.279. The minimum atomic E-state index is -0.0910. The molecule has 2 rings (SSSR count). The molecule has 0 N–H and O–H groups in total. The van der Waals surface area contributed by atoms with Crippen LogP contribution in [0.1, 0.15) is 26.2 Å². The minimum absolute atomic E-state index is 0.0910. The van der Waals surface area contributed by atoms with E-state index in [-0.39, 0.29) is 5.82 Å². The highest BCUT2D eigenvalue weighted by Crippen LogP contribution is 2.30. The van der Waals surface area contributed by atoms with Gasteiger partial charge in [0.15, 0.2) is 0 Å². The molecule has 0 aliphatic heterocycles. The van der Waals surface area contributed by atoms with Gasteiger partial charge in [-0.05, 0) is 43.9 Å². The molecule has 0 saturated heterocycles. The third-order valence-electron chi connectivity index (χ3n) is 3.25. The Bertz CT molecular complexity index is 365. The van der Waals surface area contributed by atoms with Crippen LogP contribution in [0, 0.1) is 11.7 Å². The highest BCUT2D eigenvalue weighted by molar-refractivity contribution is 7.99. The molecule has 1 aromatic rings. The first kappa shape index (κ1) is 13.9. The Morgan fingerprint density at radius 3 is 2.72 bits per heavy atom. The molecule has 0 heterocycles. The lowest BCUT2D eigenvalue weighted by atomic mass is 10.3. The van der Waals surface area contributed by atoms with Crippen molar-refractivity contribution in [1.82, 2.24) is 4.90 Å². The van der Waals surface area contributed by atoms with Crippen LogP contribution in [-0.4, -0.2) is 30.3 Å². The van der Waals surface area contributed by atoms with E-state index in [0.717, 1.165) is 23.1 Å². The van der Waals surface area contributed by atoms with Crippen LogP contribution in [0.15, 0.2) is 29.2 Å². The van der Waals surface area contributed by atoms with E-state index in [9.17, 15) is 4.39 Å². The second-order valence-corrected chi connectivity index (χ2v) is 6.16. The summed E-state index contributed by atoms with van der Waals surface area (Å²) in [5.74, 6) is 1.83. The zero-order valence-corrected chi connectivity index (χ0v) is 11.9. The van der Waals surface area contributed by atoms with Crippen molar-refractivity contribution in [2.24, 2.45) is 5.92 Å². The second-order valence-electron chi connectivity index (χ2n) is 5.02. The van der Waals surface area contributed by atoms with Crippen molar-refractivity contribution < 1.29 is 4.39 Å². The fourth-order valence-corrected chi connectivity index (χ4v) is 3.07. The van der Waals surface area contributed by atoms with Gasteiger partial charge in [-0.3, -0.25) is 0 Å². The standard InChI is InChI=1S/C15H22FNS/c1-2-9-17(12-13-7-8-13)10-11-18-15-6-4-3-5-14(15)16/h3-6,13H,2,7-12H2,1H3. The molecule has 0 amide bonds. The van der Waals surface area contributed by atoms with Crippen LogP contribution in [0.2, 0.25) is 0 Å². The van der Waals surface area contributed by atoms with Gasteiger partial charge in [-0.1, -0.05) is 19.1 Å². The Morgan fingerprint density at radius 1 is 1.28 bits per heavy atom. The molecule has 1 aromatic carbocycles. The van der Waals surface area contributed by atoms with Crippen molar-refractivity contribution in [3.05, 3.63) is 30.1 Å². The average Bonchev–Trinajstić information content (AvgIpc) is 3.16. The number of hydrogen-bond acceptors (Lipinski definition) is 2. The molecule has 0 aromatic heterocycles. The predicted molar refractivity (Wildman–Crippen MR) is 76.6 cm³/mol. The van der Waals surface area contributed by atoms with Crippen LogP contribution in [0.3, 0.4) is 0 Å². The van der Waals surface area contributed by atoms with Crippen LogP contribution in [-0.2, 0) is 0 Å². The molecule has 1 nitrogen and oxygen atoms in total. The zero-order valence-electron chi connectivity index (χ0n) is 11.1. The summed E-state index contributed by atoms with van der Waals surface area (Å²) in [6.07, 6.45) is 4.01. The third kappa shape index (κ3) is 4.62. The number of rotatable bonds is 8. The van der Waals surface area contributed by atoms with E-state index < -0.39 is 0 Å². The fraction of sp³-hybridized carbons (Fsp3) is 0.600. The molecule has 0 bridgehead atoms. The lowest BCUT2D eigenvalue weighted by Crippen LogP contribution is -2.29. The summed E-state index contributed by atoms with van der Waals surface area (Å²) in [6.45, 7) is 5.72. The van der Waals surface area contributed by atoms with E-state index in [1.807, 2.05) is 12.1 Å². The molecule has 0 unspecified atom stereocenters. The maximum atomic E-state index is 13.4. The van der Waals surface area contributed by atoms with Crippen LogP contribution in [0.25, 0.3) is 0 Å². The fourth-order valence-electron chi connectivity index (χ4n) is 2.12. The third-order valence-corrected chi connectivity index (χ3v) is 4.28. The van der Waals surface area contributed by atoms with E-state index in [1.165, 1.54) is 38.4 Å². The van der Waals surface area contributed by atoms with Gasteiger partial charge in [0.05, 0.1) is 0 Å². The van der Waals surface area contributed by atoms with E-state index in [1.54, 1.807) is 17.8 Å². The quantitative estimate of drug-likeness (QED) is 0.654. The number of benzene rings is 1. The van der Waals surface area contributed by atoms with E-state index in [4.69, 9.17) is 0 Å². The molecule has 0 spiro atoms. The highest BCUT2D eigenvalue weighted by Gasteiger charge is 2.23. The van der Waals surface area contributed by atoms with Gasteiger partial charge >= 0.3 is 0 Å². The Hall–Kier alpha value is -0.540. The lowest BCUT2D eigenvalue weighted by Gasteiger charge is -2.21. The van der Waals surface area contributed by atoms with Crippen LogP contribution >= 0.6 is 11.8 Å². The molecule has 1 saturated carbocycles. The van der Waals surface area contributed by atoms with Crippen molar-refractivity contribution in [3.63, 3.8) is 0 Å². The second kappa shape index (κ2) is 7.15. The first-order valence-corrected chi connectivity index (χ1v) is 7.88. The Kier molecular flexibility index (Phi) is 5.51. The van der Waals surface area contributed by atoms with E-state index in [0.29, 0.717) is 0 Å². The van der Waals surface area contributed by atoms with Gasteiger partial charge in [0.2, 0.25) is 0 Å². The van der Waals surface area contributed by atoms with E-state index in [2.05, 4.69) is 11.8 Å². The summed E-state index contributed by atoms with van der Waals surface area (Å²) in [6, 6.07) is 7.05. The summed E-state index contributed by atoms with van der Waals surface area (Å²) in [5.41, 5.74) is 0. The number of thioether (sulfide) groups is 1.